The number of hydrogen-bond donors (Lipinski definition) is 3. The van der Waals surface area contributed by atoms with Crippen molar-refractivity contribution in [3.63, 3.8) is 0 Å². The average molecular weight is 266 g/mol. The third-order valence-electron chi connectivity index (χ3n) is 3.64. The molecule has 0 bridgehead atoms. The summed E-state index contributed by atoms with van der Waals surface area (Å²) < 4.78 is 13.5. The van der Waals surface area contributed by atoms with Crippen molar-refractivity contribution in [2.75, 3.05) is 19.6 Å². The van der Waals surface area contributed by atoms with Gasteiger partial charge in [0.05, 0.1) is 11.5 Å². The maximum absolute atomic E-state index is 13.5. The Bertz CT molecular complexity index is 459. The Morgan fingerprint density at radius 2 is 2.32 bits per heavy atom. The smallest absolute Gasteiger partial charge is 0.227 e. The largest absolute Gasteiger partial charge is 0.386 e. The van der Waals surface area contributed by atoms with Gasteiger partial charge in [-0.25, -0.2) is 4.39 Å². The molecule has 0 spiro atoms. The lowest BCUT2D eigenvalue weighted by Gasteiger charge is -2.22. The normalized spacial score (nSPS) is 24.2. The summed E-state index contributed by atoms with van der Waals surface area (Å²) in [6, 6.07) is 6.04. The van der Waals surface area contributed by atoms with Gasteiger partial charge in [0.2, 0.25) is 5.91 Å². The molecule has 1 aromatic carbocycles. The number of carbonyl (C=O) groups excluding carboxylic acids is 1. The molecular weight excluding hydrogens is 247 g/mol. The number of aliphatic hydroxyl groups is 1. The van der Waals surface area contributed by atoms with Gasteiger partial charge < -0.3 is 15.7 Å². The van der Waals surface area contributed by atoms with Gasteiger partial charge >= 0.3 is 0 Å². The van der Waals surface area contributed by atoms with E-state index in [1.165, 1.54) is 12.1 Å². The van der Waals surface area contributed by atoms with Crippen LogP contribution in [0.2, 0.25) is 0 Å². The molecule has 0 aromatic heterocycles. The maximum Gasteiger partial charge on any atom is 0.227 e. The summed E-state index contributed by atoms with van der Waals surface area (Å²) in [5.74, 6) is -0.564. The topological polar surface area (TPSA) is 61.4 Å². The fraction of sp³-hybridized carbons (Fsp3) is 0.500. The highest BCUT2D eigenvalue weighted by molar-refractivity contribution is 5.82. The highest BCUT2D eigenvalue weighted by Crippen LogP contribution is 2.24. The second-order valence-corrected chi connectivity index (χ2v) is 5.23. The Morgan fingerprint density at radius 1 is 1.58 bits per heavy atom. The Labute approximate surface area is 112 Å². The summed E-state index contributed by atoms with van der Waals surface area (Å²) in [4.78, 5) is 12.0. The molecule has 1 heterocycles. The van der Waals surface area contributed by atoms with Crippen LogP contribution < -0.4 is 10.6 Å². The van der Waals surface area contributed by atoms with Crippen molar-refractivity contribution in [1.29, 1.82) is 0 Å². The predicted molar refractivity (Wildman–Crippen MR) is 70.0 cm³/mol. The summed E-state index contributed by atoms with van der Waals surface area (Å²) in [7, 11) is 0. The number of rotatable bonds is 4. The van der Waals surface area contributed by atoms with Gasteiger partial charge in [-0.3, -0.25) is 4.79 Å². The Kier molecular flexibility index (Phi) is 4.17. The monoisotopic (exact) mass is 266 g/mol. The lowest BCUT2D eigenvalue weighted by molar-refractivity contribution is -0.129. The fourth-order valence-corrected chi connectivity index (χ4v) is 2.27. The van der Waals surface area contributed by atoms with Crippen LogP contribution >= 0.6 is 0 Å². The molecule has 0 radical (unpaired) electrons. The number of nitrogens with one attached hydrogen (secondary N) is 2. The molecular formula is C14H19FN2O2. The number of halogens is 1. The SMILES string of the molecule is C[C@]1(C(=O)NC[C@H](O)c2ccccc2F)CCNC1. The van der Waals surface area contributed by atoms with Crippen molar-refractivity contribution in [3.8, 4) is 0 Å². The summed E-state index contributed by atoms with van der Waals surface area (Å²) in [5, 5.41) is 15.7. The molecule has 0 aliphatic carbocycles. The molecule has 3 N–H and O–H groups in total. The van der Waals surface area contributed by atoms with Crippen molar-refractivity contribution in [2.45, 2.75) is 19.4 Å². The first kappa shape index (κ1) is 14.0. The maximum atomic E-state index is 13.5. The lowest BCUT2D eigenvalue weighted by Crippen LogP contribution is -2.42. The molecule has 104 valence electrons. The zero-order valence-electron chi connectivity index (χ0n) is 10.9. The van der Waals surface area contributed by atoms with Crippen molar-refractivity contribution < 1.29 is 14.3 Å². The first-order valence-electron chi connectivity index (χ1n) is 6.44. The Morgan fingerprint density at radius 3 is 2.95 bits per heavy atom. The number of aliphatic hydroxyl groups excluding tert-OH is 1. The van der Waals surface area contributed by atoms with Crippen LogP contribution in [-0.2, 0) is 4.79 Å². The van der Waals surface area contributed by atoms with Gasteiger partial charge in [-0.05, 0) is 26.0 Å². The van der Waals surface area contributed by atoms with Crippen LogP contribution in [0.15, 0.2) is 24.3 Å². The van der Waals surface area contributed by atoms with Gasteiger partial charge in [0, 0.05) is 18.7 Å². The molecule has 19 heavy (non-hydrogen) atoms. The van der Waals surface area contributed by atoms with Crippen LogP contribution in [0.5, 0.6) is 0 Å². The van der Waals surface area contributed by atoms with E-state index in [-0.39, 0.29) is 18.0 Å². The third-order valence-corrected chi connectivity index (χ3v) is 3.64. The Hall–Kier alpha value is -1.46. The van der Waals surface area contributed by atoms with Gasteiger partial charge in [-0.15, -0.1) is 0 Å². The number of amides is 1. The zero-order valence-corrected chi connectivity index (χ0v) is 10.9. The fourth-order valence-electron chi connectivity index (χ4n) is 2.27. The van der Waals surface area contributed by atoms with Crippen LogP contribution in [0.1, 0.15) is 25.0 Å². The van der Waals surface area contributed by atoms with Crippen molar-refractivity contribution in [2.24, 2.45) is 5.41 Å². The van der Waals surface area contributed by atoms with E-state index in [4.69, 9.17) is 0 Å². The summed E-state index contributed by atoms with van der Waals surface area (Å²) in [6.45, 7) is 3.36. The first-order chi connectivity index (χ1) is 9.03. The molecule has 1 fully saturated rings. The second-order valence-electron chi connectivity index (χ2n) is 5.23. The van der Waals surface area contributed by atoms with Crippen LogP contribution in [0.3, 0.4) is 0 Å². The molecule has 1 aliphatic heterocycles. The van der Waals surface area contributed by atoms with Crippen LogP contribution in [0.25, 0.3) is 0 Å². The number of hydrogen-bond acceptors (Lipinski definition) is 3. The van der Waals surface area contributed by atoms with Crippen molar-refractivity contribution >= 4 is 5.91 Å². The lowest BCUT2D eigenvalue weighted by atomic mass is 9.89. The average Bonchev–Trinajstić information content (AvgIpc) is 2.84. The van der Waals surface area contributed by atoms with E-state index in [9.17, 15) is 14.3 Å². The molecule has 5 heteroatoms. The summed E-state index contributed by atoms with van der Waals surface area (Å²) in [6.07, 6.45) is -0.252. The van der Waals surface area contributed by atoms with Gasteiger partial charge in [-0.1, -0.05) is 18.2 Å². The molecule has 0 saturated carbocycles. The van der Waals surface area contributed by atoms with Crippen LogP contribution in [0.4, 0.5) is 4.39 Å². The predicted octanol–water partition coefficient (Wildman–Crippen LogP) is 0.975. The standard InChI is InChI=1S/C14H19FN2O2/c1-14(6-7-16-9-14)13(19)17-8-12(18)10-4-2-3-5-11(10)15/h2-5,12,16,18H,6-9H2,1H3,(H,17,19)/t12-,14-/m0/s1. The van der Waals surface area contributed by atoms with E-state index in [0.29, 0.717) is 6.54 Å². The second kappa shape index (κ2) is 5.67. The minimum Gasteiger partial charge on any atom is -0.386 e. The van der Waals surface area contributed by atoms with Gasteiger partial charge in [-0.2, -0.15) is 0 Å². The third kappa shape index (κ3) is 3.11. The summed E-state index contributed by atoms with van der Waals surface area (Å²) >= 11 is 0. The molecule has 1 aromatic rings. The van der Waals surface area contributed by atoms with Gasteiger partial charge in [0.15, 0.2) is 0 Å². The van der Waals surface area contributed by atoms with E-state index in [0.717, 1.165) is 13.0 Å². The van der Waals surface area contributed by atoms with Crippen LogP contribution in [-0.4, -0.2) is 30.6 Å². The quantitative estimate of drug-likeness (QED) is 0.761. The molecule has 1 amide bonds. The molecule has 2 rings (SSSR count). The van der Waals surface area contributed by atoms with E-state index in [1.54, 1.807) is 12.1 Å². The highest BCUT2D eigenvalue weighted by Gasteiger charge is 2.36. The Balaban J connectivity index is 1.92. The molecule has 4 nitrogen and oxygen atoms in total. The number of benzene rings is 1. The van der Waals surface area contributed by atoms with E-state index < -0.39 is 17.3 Å². The minimum atomic E-state index is -1.02. The summed E-state index contributed by atoms with van der Waals surface area (Å²) in [5.41, 5.74) is -0.230. The minimum absolute atomic E-state index is 0.0232. The number of carbonyl (C=O) groups is 1. The van der Waals surface area contributed by atoms with E-state index in [2.05, 4.69) is 10.6 Å². The van der Waals surface area contributed by atoms with Gasteiger partial charge in [0.1, 0.15) is 5.82 Å². The first-order valence-corrected chi connectivity index (χ1v) is 6.44. The molecule has 1 saturated heterocycles. The molecule has 2 atom stereocenters. The zero-order chi connectivity index (χ0) is 13.9. The van der Waals surface area contributed by atoms with E-state index >= 15 is 0 Å². The van der Waals surface area contributed by atoms with Crippen molar-refractivity contribution in [1.82, 2.24) is 10.6 Å². The molecule has 0 unspecified atom stereocenters. The highest BCUT2D eigenvalue weighted by atomic mass is 19.1. The van der Waals surface area contributed by atoms with Crippen LogP contribution in [0, 0.1) is 11.2 Å². The van der Waals surface area contributed by atoms with Gasteiger partial charge in [0.25, 0.3) is 0 Å². The van der Waals surface area contributed by atoms with Crippen molar-refractivity contribution in [3.05, 3.63) is 35.6 Å². The molecule has 1 aliphatic rings. The van der Waals surface area contributed by atoms with E-state index in [1.807, 2.05) is 6.92 Å².